The Morgan fingerprint density at radius 2 is 2.00 bits per heavy atom. The van der Waals surface area contributed by atoms with Gasteiger partial charge < -0.3 is 5.11 Å². The summed E-state index contributed by atoms with van der Waals surface area (Å²) in [5.74, 6) is -1.57. The number of carbonyl (C=O) groups is 2. The van der Waals surface area contributed by atoms with E-state index in [4.69, 9.17) is 5.11 Å². The summed E-state index contributed by atoms with van der Waals surface area (Å²) < 4.78 is 0. The molecule has 0 aromatic rings. The average Bonchev–Trinajstić information content (AvgIpc) is 2.17. The fourth-order valence-electron chi connectivity index (χ4n) is 0.964. The summed E-state index contributed by atoms with van der Waals surface area (Å²) in [6.45, 7) is 1.87. The predicted molar refractivity (Wildman–Crippen MR) is 37.7 cm³/mol. The van der Waals surface area contributed by atoms with Crippen LogP contribution in [0.5, 0.6) is 0 Å². The van der Waals surface area contributed by atoms with Crippen LogP contribution in [0.1, 0.15) is 19.8 Å². The van der Waals surface area contributed by atoms with Crippen LogP contribution in [-0.2, 0) is 9.59 Å². The molecule has 60 valence electrons. The van der Waals surface area contributed by atoms with Crippen LogP contribution in [-0.4, -0.2) is 16.9 Å². The summed E-state index contributed by atoms with van der Waals surface area (Å²) >= 11 is 0. The van der Waals surface area contributed by atoms with E-state index in [9.17, 15) is 9.59 Å². The fraction of sp³-hybridized carbons (Fsp3) is 0.429. The fourth-order valence-corrected chi connectivity index (χ4v) is 0.964. The molecule has 0 aromatic carbocycles. The molecule has 0 unspecified atom stereocenters. The third kappa shape index (κ3) is 1.24. The summed E-state index contributed by atoms with van der Waals surface area (Å²) in [7, 11) is 0. The zero-order valence-corrected chi connectivity index (χ0v) is 6.18. The van der Waals surface area contributed by atoms with Gasteiger partial charge in [0.2, 0.25) is 0 Å². The molecule has 4 nitrogen and oxygen atoms in total. The van der Waals surface area contributed by atoms with E-state index in [1.165, 1.54) is 0 Å². The van der Waals surface area contributed by atoms with E-state index in [1.54, 1.807) is 0 Å². The Kier molecular flexibility index (Phi) is 1.94. The number of amides is 2. The summed E-state index contributed by atoms with van der Waals surface area (Å²) in [6.07, 6.45) is 1.18. The molecule has 0 bridgehead atoms. The topological polar surface area (TPSA) is 66.4 Å². The highest BCUT2D eigenvalue weighted by Crippen LogP contribution is 2.14. The number of nitrogens with one attached hydrogen (secondary N) is 1. The quantitative estimate of drug-likeness (QED) is 0.562. The Labute approximate surface area is 63.9 Å². The van der Waals surface area contributed by atoms with Crippen LogP contribution in [0.3, 0.4) is 0 Å². The lowest BCUT2D eigenvalue weighted by atomic mass is 10.1. The van der Waals surface area contributed by atoms with Gasteiger partial charge in [0.15, 0.2) is 5.76 Å². The smallest absolute Gasteiger partial charge is 0.293 e. The Hall–Kier alpha value is -1.32. The lowest BCUT2D eigenvalue weighted by Crippen LogP contribution is -2.23. The molecule has 0 saturated heterocycles. The van der Waals surface area contributed by atoms with Crippen LogP contribution >= 0.6 is 0 Å². The number of hydrogen-bond acceptors (Lipinski definition) is 3. The normalized spacial score (nSPS) is 17.5. The summed E-state index contributed by atoms with van der Waals surface area (Å²) in [5, 5.41) is 11.0. The Morgan fingerprint density at radius 3 is 2.36 bits per heavy atom. The highest BCUT2D eigenvalue weighted by Gasteiger charge is 2.28. The number of carbonyl (C=O) groups excluding carboxylic acids is 2. The van der Waals surface area contributed by atoms with E-state index in [1.807, 2.05) is 12.2 Å². The van der Waals surface area contributed by atoms with Crippen molar-refractivity contribution in [1.82, 2.24) is 5.32 Å². The summed E-state index contributed by atoms with van der Waals surface area (Å²) in [5.41, 5.74) is 0.206. The first kappa shape index (κ1) is 7.78. The number of aliphatic hydroxyl groups is 1. The van der Waals surface area contributed by atoms with E-state index in [-0.39, 0.29) is 5.57 Å². The zero-order valence-electron chi connectivity index (χ0n) is 6.18. The largest absolute Gasteiger partial charge is 0.503 e. The minimum Gasteiger partial charge on any atom is -0.503 e. The maximum absolute atomic E-state index is 10.8. The van der Waals surface area contributed by atoms with Crippen LogP contribution in [0.15, 0.2) is 11.3 Å². The van der Waals surface area contributed by atoms with Gasteiger partial charge in [-0.05, 0) is 6.42 Å². The van der Waals surface area contributed by atoms with Crippen molar-refractivity contribution in [3.05, 3.63) is 11.3 Å². The molecule has 1 heterocycles. The van der Waals surface area contributed by atoms with Gasteiger partial charge in [-0.15, -0.1) is 0 Å². The molecule has 0 radical (unpaired) electrons. The molecular formula is C7H9NO3. The Balaban J connectivity index is 2.87. The Morgan fingerprint density at radius 1 is 1.36 bits per heavy atom. The summed E-state index contributed by atoms with van der Waals surface area (Å²) in [6, 6.07) is 0. The minimum atomic E-state index is -0.682. The molecule has 0 spiro atoms. The van der Waals surface area contributed by atoms with Gasteiger partial charge in [-0.1, -0.05) is 13.3 Å². The zero-order chi connectivity index (χ0) is 8.43. The average molecular weight is 155 g/mol. The first-order valence-corrected chi connectivity index (χ1v) is 3.44. The molecule has 1 aliphatic rings. The molecule has 0 atom stereocenters. The van der Waals surface area contributed by atoms with Gasteiger partial charge in [0.1, 0.15) is 0 Å². The van der Waals surface area contributed by atoms with Crippen molar-refractivity contribution in [3.63, 3.8) is 0 Å². The molecule has 0 aliphatic carbocycles. The monoisotopic (exact) mass is 155 g/mol. The molecule has 0 fully saturated rings. The maximum Gasteiger partial charge on any atom is 0.293 e. The lowest BCUT2D eigenvalue weighted by molar-refractivity contribution is -0.125. The van der Waals surface area contributed by atoms with Crippen molar-refractivity contribution < 1.29 is 14.7 Å². The van der Waals surface area contributed by atoms with Crippen molar-refractivity contribution in [2.24, 2.45) is 0 Å². The van der Waals surface area contributed by atoms with E-state index in [0.717, 1.165) is 6.42 Å². The maximum atomic E-state index is 10.8. The molecule has 4 heteroatoms. The van der Waals surface area contributed by atoms with E-state index >= 15 is 0 Å². The molecule has 11 heavy (non-hydrogen) atoms. The SMILES string of the molecule is CCCC1=C(O)C(=O)NC1=O. The molecule has 2 amide bonds. The predicted octanol–water partition coefficient (Wildman–Crippen LogP) is 0.255. The van der Waals surface area contributed by atoms with Crippen molar-refractivity contribution >= 4 is 11.8 Å². The molecule has 2 N–H and O–H groups in total. The minimum absolute atomic E-state index is 0.206. The third-order valence-electron chi connectivity index (χ3n) is 1.50. The molecule has 0 saturated carbocycles. The van der Waals surface area contributed by atoms with Crippen molar-refractivity contribution in [2.45, 2.75) is 19.8 Å². The number of rotatable bonds is 2. The Bertz CT molecular complexity index is 242. The van der Waals surface area contributed by atoms with Gasteiger partial charge in [-0.25, -0.2) is 0 Å². The van der Waals surface area contributed by atoms with Crippen molar-refractivity contribution in [3.8, 4) is 0 Å². The second-order valence-electron chi connectivity index (χ2n) is 2.36. The number of aliphatic hydroxyl groups excluding tert-OH is 1. The number of imide groups is 1. The van der Waals surface area contributed by atoms with Gasteiger partial charge >= 0.3 is 0 Å². The van der Waals surface area contributed by atoms with E-state index in [0.29, 0.717) is 6.42 Å². The second-order valence-corrected chi connectivity index (χ2v) is 2.36. The van der Waals surface area contributed by atoms with E-state index < -0.39 is 17.6 Å². The van der Waals surface area contributed by atoms with Gasteiger partial charge in [0, 0.05) is 0 Å². The summed E-state index contributed by atoms with van der Waals surface area (Å²) in [4.78, 5) is 21.5. The first-order valence-electron chi connectivity index (χ1n) is 3.44. The van der Waals surface area contributed by atoms with Crippen molar-refractivity contribution in [2.75, 3.05) is 0 Å². The molecule has 0 aromatic heterocycles. The first-order chi connectivity index (χ1) is 5.16. The van der Waals surface area contributed by atoms with Crippen LogP contribution < -0.4 is 5.32 Å². The van der Waals surface area contributed by atoms with Gasteiger partial charge in [-0.3, -0.25) is 14.9 Å². The third-order valence-corrected chi connectivity index (χ3v) is 1.50. The van der Waals surface area contributed by atoms with Crippen LogP contribution in [0.25, 0.3) is 0 Å². The lowest BCUT2D eigenvalue weighted by Gasteiger charge is -1.93. The second kappa shape index (κ2) is 2.74. The highest BCUT2D eigenvalue weighted by molar-refractivity contribution is 6.18. The van der Waals surface area contributed by atoms with Crippen molar-refractivity contribution in [1.29, 1.82) is 0 Å². The van der Waals surface area contributed by atoms with E-state index in [2.05, 4.69) is 0 Å². The molecular weight excluding hydrogens is 146 g/mol. The van der Waals surface area contributed by atoms with Crippen LogP contribution in [0, 0.1) is 0 Å². The number of hydrogen-bond donors (Lipinski definition) is 2. The van der Waals surface area contributed by atoms with Gasteiger partial charge in [0.05, 0.1) is 5.57 Å². The standard InChI is InChI=1S/C7H9NO3/c1-2-3-4-5(9)7(11)8-6(4)10/h2-3H2,1H3,(H2,8,9,10,11). The molecule has 1 rings (SSSR count). The van der Waals surface area contributed by atoms with Crippen LogP contribution in [0.4, 0.5) is 0 Å². The van der Waals surface area contributed by atoms with Crippen LogP contribution in [0.2, 0.25) is 0 Å². The highest BCUT2D eigenvalue weighted by atomic mass is 16.3. The molecule has 1 aliphatic heterocycles. The van der Waals surface area contributed by atoms with Gasteiger partial charge in [0.25, 0.3) is 11.8 Å². The van der Waals surface area contributed by atoms with Gasteiger partial charge in [-0.2, -0.15) is 0 Å².